The third kappa shape index (κ3) is 2.98. The van der Waals surface area contributed by atoms with Crippen LogP contribution >= 0.6 is 0 Å². The molecule has 3 rings (SSSR count). The highest BCUT2D eigenvalue weighted by molar-refractivity contribution is 5.86. The third-order valence-corrected chi connectivity index (χ3v) is 2.87. The Morgan fingerprint density at radius 3 is 2.63 bits per heavy atom. The molecule has 0 saturated carbocycles. The van der Waals surface area contributed by atoms with Gasteiger partial charge >= 0.3 is 0 Å². The van der Waals surface area contributed by atoms with E-state index in [4.69, 9.17) is 4.74 Å². The molecular formula is C14H20N4O. The molecule has 0 unspecified atom stereocenters. The highest BCUT2D eigenvalue weighted by Gasteiger charge is 2.16. The molecule has 1 saturated heterocycles. The van der Waals surface area contributed by atoms with E-state index in [1.165, 1.54) is 0 Å². The van der Waals surface area contributed by atoms with Crippen molar-refractivity contribution < 1.29 is 4.74 Å². The van der Waals surface area contributed by atoms with Gasteiger partial charge in [-0.3, -0.25) is 0 Å². The van der Waals surface area contributed by atoms with E-state index in [9.17, 15) is 0 Å². The van der Waals surface area contributed by atoms with Crippen molar-refractivity contribution in [2.75, 3.05) is 31.2 Å². The topological polar surface area (TPSA) is 51.1 Å². The molecule has 2 aromatic rings. The first-order valence-electron chi connectivity index (χ1n) is 6.76. The van der Waals surface area contributed by atoms with E-state index in [0.717, 1.165) is 49.0 Å². The van der Waals surface area contributed by atoms with Gasteiger partial charge in [0.1, 0.15) is 11.6 Å². The second-order valence-corrected chi connectivity index (χ2v) is 4.07. The van der Waals surface area contributed by atoms with Crippen molar-refractivity contribution in [2.24, 2.45) is 0 Å². The molecule has 0 N–H and O–H groups in total. The molecule has 0 spiro atoms. The zero-order valence-corrected chi connectivity index (χ0v) is 11.8. The fraction of sp³-hybridized carbons (Fsp3) is 0.500. The summed E-state index contributed by atoms with van der Waals surface area (Å²) in [5, 5.41) is 1.01. The number of aryl methyl sites for hydroxylation is 1. The molecule has 5 heteroatoms. The van der Waals surface area contributed by atoms with Gasteiger partial charge in [0.15, 0.2) is 5.65 Å². The zero-order valence-electron chi connectivity index (χ0n) is 11.8. The SMILES string of the molecule is CC.Cc1nc(N2CCOCC2)c2cccnc2n1. The van der Waals surface area contributed by atoms with Crippen LogP contribution in [0.2, 0.25) is 0 Å². The van der Waals surface area contributed by atoms with Crippen molar-refractivity contribution in [1.29, 1.82) is 0 Å². The largest absolute Gasteiger partial charge is 0.378 e. The van der Waals surface area contributed by atoms with Gasteiger partial charge in [-0.2, -0.15) is 0 Å². The maximum Gasteiger partial charge on any atom is 0.164 e. The van der Waals surface area contributed by atoms with E-state index in [2.05, 4.69) is 19.9 Å². The van der Waals surface area contributed by atoms with Gasteiger partial charge in [-0.05, 0) is 19.1 Å². The summed E-state index contributed by atoms with van der Waals surface area (Å²) in [6.45, 7) is 9.16. The molecule has 0 radical (unpaired) electrons. The van der Waals surface area contributed by atoms with Crippen LogP contribution in [0, 0.1) is 6.92 Å². The van der Waals surface area contributed by atoms with Crippen LogP contribution in [0.15, 0.2) is 18.3 Å². The summed E-state index contributed by atoms with van der Waals surface area (Å²) in [6, 6.07) is 3.94. The smallest absolute Gasteiger partial charge is 0.164 e. The second kappa shape index (κ2) is 6.43. The van der Waals surface area contributed by atoms with Crippen LogP contribution in [0.5, 0.6) is 0 Å². The molecule has 0 amide bonds. The van der Waals surface area contributed by atoms with Gasteiger partial charge < -0.3 is 9.64 Å². The Hall–Kier alpha value is -1.75. The first-order valence-corrected chi connectivity index (χ1v) is 6.76. The predicted octanol–water partition coefficient (Wildman–Crippen LogP) is 2.20. The normalized spacial score (nSPS) is 15.0. The van der Waals surface area contributed by atoms with E-state index in [1.54, 1.807) is 6.20 Å². The van der Waals surface area contributed by atoms with Gasteiger partial charge in [0.2, 0.25) is 0 Å². The van der Waals surface area contributed by atoms with Gasteiger partial charge in [0.25, 0.3) is 0 Å². The van der Waals surface area contributed by atoms with E-state index in [0.29, 0.717) is 0 Å². The lowest BCUT2D eigenvalue weighted by Gasteiger charge is -2.28. The molecule has 0 aromatic carbocycles. The number of rotatable bonds is 1. The highest BCUT2D eigenvalue weighted by atomic mass is 16.5. The maximum absolute atomic E-state index is 5.36. The Bertz CT molecular complexity index is 538. The minimum absolute atomic E-state index is 0.755. The molecule has 1 fully saturated rings. The van der Waals surface area contributed by atoms with Crippen LogP contribution < -0.4 is 4.90 Å². The molecule has 3 heterocycles. The number of ether oxygens (including phenoxy) is 1. The van der Waals surface area contributed by atoms with Crippen molar-refractivity contribution in [3.63, 3.8) is 0 Å². The molecule has 1 aliphatic heterocycles. The second-order valence-electron chi connectivity index (χ2n) is 4.07. The first-order chi connectivity index (χ1) is 9.34. The zero-order chi connectivity index (χ0) is 13.7. The summed E-state index contributed by atoms with van der Waals surface area (Å²) in [4.78, 5) is 15.4. The predicted molar refractivity (Wildman–Crippen MR) is 76.5 cm³/mol. The summed E-state index contributed by atoms with van der Waals surface area (Å²) >= 11 is 0. The number of aromatic nitrogens is 3. The molecule has 0 atom stereocenters. The standard InChI is InChI=1S/C12H14N4O.C2H6/c1-9-14-11-10(3-2-4-13-11)12(15-9)16-5-7-17-8-6-16;1-2/h2-4H,5-8H2,1H3;1-2H3. The fourth-order valence-corrected chi connectivity index (χ4v) is 2.07. The van der Waals surface area contributed by atoms with E-state index < -0.39 is 0 Å². The fourth-order valence-electron chi connectivity index (χ4n) is 2.07. The van der Waals surface area contributed by atoms with Crippen molar-refractivity contribution in [3.05, 3.63) is 24.2 Å². The molecule has 5 nitrogen and oxygen atoms in total. The minimum atomic E-state index is 0.755. The molecule has 19 heavy (non-hydrogen) atoms. The van der Waals surface area contributed by atoms with Crippen LogP contribution in [0.1, 0.15) is 19.7 Å². The molecule has 1 aliphatic rings. The average Bonchev–Trinajstić information content (AvgIpc) is 2.49. The third-order valence-electron chi connectivity index (χ3n) is 2.87. The van der Waals surface area contributed by atoms with Gasteiger partial charge in [-0.25, -0.2) is 15.0 Å². The summed E-state index contributed by atoms with van der Waals surface area (Å²) in [5.41, 5.74) is 0.765. The summed E-state index contributed by atoms with van der Waals surface area (Å²) < 4.78 is 5.36. The van der Waals surface area contributed by atoms with Gasteiger partial charge in [0.05, 0.1) is 18.6 Å². The van der Waals surface area contributed by atoms with Crippen molar-refractivity contribution >= 4 is 16.9 Å². The Balaban J connectivity index is 0.000000637. The van der Waals surface area contributed by atoms with Crippen LogP contribution in [-0.4, -0.2) is 41.3 Å². The quantitative estimate of drug-likeness (QED) is 0.786. The number of pyridine rings is 1. The summed E-state index contributed by atoms with van der Waals surface area (Å²) in [6.07, 6.45) is 1.76. The van der Waals surface area contributed by atoms with Crippen LogP contribution in [0.25, 0.3) is 11.0 Å². The van der Waals surface area contributed by atoms with Crippen molar-refractivity contribution in [1.82, 2.24) is 15.0 Å². The Labute approximate surface area is 113 Å². The van der Waals surface area contributed by atoms with E-state index >= 15 is 0 Å². The molecule has 102 valence electrons. The Kier molecular flexibility index (Phi) is 4.63. The number of nitrogens with zero attached hydrogens (tertiary/aromatic N) is 4. The van der Waals surface area contributed by atoms with E-state index in [-0.39, 0.29) is 0 Å². The van der Waals surface area contributed by atoms with Crippen molar-refractivity contribution in [2.45, 2.75) is 20.8 Å². The summed E-state index contributed by atoms with van der Waals surface area (Å²) in [5.74, 6) is 1.74. The molecular weight excluding hydrogens is 240 g/mol. The lowest BCUT2D eigenvalue weighted by molar-refractivity contribution is 0.122. The molecule has 2 aromatic heterocycles. The monoisotopic (exact) mass is 260 g/mol. The highest BCUT2D eigenvalue weighted by Crippen LogP contribution is 2.22. The number of fused-ring (bicyclic) bond motifs is 1. The average molecular weight is 260 g/mol. The first kappa shape index (κ1) is 13.7. The van der Waals surface area contributed by atoms with Crippen LogP contribution in [-0.2, 0) is 4.74 Å². The van der Waals surface area contributed by atoms with Crippen LogP contribution in [0.3, 0.4) is 0 Å². The Morgan fingerprint density at radius 2 is 1.89 bits per heavy atom. The number of morpholine rings is 1. The maximum atomic E-state index is 5.36. The lowest BCUT2D eigenvalue weighted by atomic mass is 10.2. The van der Waals surface area contributed by atoms with E-state index in [1.807, 2.05) is 32.9 Å². The van der Waals surface area contributed by atoms with Gasteiger partial charge in [-0.15, -0.1) is 0 Å². The Morgan fingerprint density at radius 1 is 1.16 bits per heavy atom. The number of hydrogen-bond acceptors (Lipinski definition) is 5. The van der Waals surface area contributed by atoms with Crippen LogP contribution in [0.4, 0.5) is 5.82 Å². The van der Waals surface area contributed by atoms with Crippen molar-refractivity contribution in [3.8, 4) is 0 Å². The number of hydrogen-bond donors (Lipinski definition) is 0. The molecule has 0 bridgehead atoms. The van der Waals surface area contributed by atoms with Gasteiger partial charge in [0, 0.05) is 19.3 Å². The molecule has 0 aliphatic carbocycles. The summed E-state index contributed by atoms with van der Waals surface area (Å²) in [7, 11) is 0. The minimum Gasteiger partial charge on any atom is -0.378 e. The lowest BCUT2D eigenvalue weighted by Crippen LogP contribution is -2.37. The van der Waals surface area contributed by atoms with Gasteiger partial charge in [-0.1, -0.05) is 13.8 Å². The number of anilines is 1.